The number of anilines is 1. The van der Waals surface area contributed by atoms with Gasteiger partial charge in [0.15, 0.2) is 11.6 Å². The Kier molecular flexibility index (Phi) is 11.7. The number of rotatable bonds is 17. The first kappa shape index (κ1) is 34.0. The molecule has 0 bridgehead atoms. The third-order valence-electron chi connectivity index (χ3n) is 8.22. The van der Waals surface area contributed by atoms with E-state index in [0.29, 0.717) is 43.2 Å². The third kappa shape index (κ3) is 8.15. The zero-order chi connectivity index (χ0) is 33.9. The van der Waals surface area contributed by atoms with Gasteiger partial charge in [0.1, 0.15) is 31.3 Å². The highest BCUT2D eigenvalue weighted by Gasteiger charge is 2.24. The number of benzene rings is 5. The minimum Gasteiger partial charge on any atom is -0.489 e. The Labute approximate surface area is 280 Å². The molecule has 1 atom stereocenters. The second kappa shape index (κ2) is 16.5. The Hall–Kier alpha value is -5.31. The normalized spacial score (nSPS) is 11.6. The van der Waals surface area contributed by atoms with E-state index in [-0.39, 0.29) is 30.3 Å². The van der Waals surface area contributed by atoms with E-state index < -0.39 is 18.3 Å². The standard InChI is InChI=1S/C40H40N2O6/c1-2-22-47-36-19-17-27-10-3-5-15-33(27)38(36)39-34-16-6-4-11-28(34)18-20-37(39)48-26-32(44)24-30(12-7-8-21-41)40(46)42-31-14-9-13-29(23-31)35(45)25-43/h2-6,9-11,13-20,23,30,43H,1,7-8,12,21-22,24-26,41H2,(H,42,46)/t30-/m0/s1. The van der Waals surface area contributed by atoms with Crippen LogP contribution < -0.4 is 20.5 Å². The van der Waals surface area contributed by atoms with Crippen LogP contribution in [0.4, 0.5) is 5.69 Å². The number of fused-ring (bicyclic) bond motifs is 2. The third-order valence-corrected chi connectivity index (χ3v) is 8.22. The van der Waals surface area contributed by atoms with Gasteiger partial charge in [-0.2, -0.15) is 0 Å². The highest BCUT2D eigenvalue weighted by atomic mass is 16.5. The van der Waals surface area contributed by atoms with Crippen LogP contribution in [0.1, 0.15) is 36.0 Å². The van der Waals surface area contributed by atoms with E-state index in [1.54, 1.807) is 24.3 Å². The molecule has 0 aliphatic heterocycles. The Morgan fingerprint density at radius 3 is 2.08 bits per heavy atom. The summed E-state index contributed by atoms with van der Waals surface area (Å²) in [7, 11) is 0. The summed E-state index contributed by atoms with van der Waals surface area (Å²) in [6.07, 6.45) is 3.53. The molecule has 1 amide bonds. The van der Waals surface area contributed by atoms with Crippen LogP contribution in [0.15, 0.2) is 110 Å². The number of aliphatic hydroxyl groups is 1. The molecule has 0 spiro atoms. The number of nitrogens with two attached hydrogens (primary N) is 1. The van der Waals surface area contributed by atoms with Crippen molar-refractivity contribution in [2.75, 3.05) is 31.7 Å². The fourth-order valence-corrected chi connectivity index (χ4v) is 5.87. The smallest absolute Gasteiger partial charge is 0.227 e. The van der Waals surface area contributed by atoms with Crippen LogP contribution >= 0.6 is 0 Å². The lowest BCUT2D eigenvalue weighted by atomic mass is 9.92. The molecule has 5 rings (SSSR count). The summed E-state index contributed by atoms with van der Waals surface area (Å²) in [4.78, 5) is 38.9. The number of carbonyl (C=O) groups is 3. The number of ketones is 2. The summed E-state index contributed by atoms with van der Waals surface area (Å²) in [5.74, 6) is -0.446. The maximum atomic E-state index is 13.5. The van der Waals surface area contributed by atoms with Gasteiger partial charge in [-0.1, -0.05) is 91.9 Å². The molecule has 0 aliphatic carbocycles. The molecular weight excluding hydrogens is 604 g/mol. The van der Waals surface area contributed by atoms with E-state index in [1.807, 2.05) is 72.8 Å². The summed E-state index contributed by atoms with van der Waals surface area (Å²) in [5, 5.41) is 16.0. The van der Waals surface area contributed by atoms with Gasteiger partial charge < -0.3 is 25.6 Å². The molecule has 8 nitrogen and oxygen atoms in total. The SMILES string of the molecule is C=CCOc1ccc2ccccc2c1-c1c(OCC(=O)C[C@H](CCCCN)C(=O)Nc2cccc(C(=O)CO)c2)ccc2ccccc12. The molecule has 0 radical (unpaired) electrons. The van der Waals surface area contributed by atoms with Crippen LogP contribution in [0.25, 0.3) is 32.7 Å². The van der Waals surface area contributed by atoms with Gasteiger partial charge in [-0.15, -0.1) is 0 Å². The van der Waals surface area contributed by atoms with Crippen LogP contribution in [-0.2, 0) is 9.59 Å². The molecular formula is C40H40N2O6. The molecule has 0 unspecified atom stereocenters. The van der Waals surface area contributed by atoms with Gasteiger partial charge in [-0.05, 0) is 65.2 Å². The van der Waals surface area contributed by atoms with Gasteiger partial charge in [-0.25, -0.2) is 0 Å². The van der Waals surface area contributed by atoms with Gasteiger partial charge in [-0.3, -0.25) is 14.4 Å². The van der Waals surface area contributed by atoms with Crippen molar-refractivity contribution in [3.63, 3.8) is 0 Å². The van der Waals surface area contributed by atoms with Crippen molar-refractivity contribution in [1.29, 1.82) is 0 Å². The Morgan fingerprint density at radius 2 is 1.46 bits per heavy atom. The van der Waals surface area contributed by atoms with E-state index >= 15 is 0 Å². The number of ether oxygens (including phenoxy) is 2. The second-order valence-corrected chi connectivity index (χ2v) is 11.6. The minimum atomic E-state index is -0.629. The van der Waals surface area contributed by atoms with Crippen molar-refractivity contribution in [2.45, 2.75) is 25.7 Å². The topological polar surface area (TPSA) is 128 Å². The predicted octanol–water partition coefficient (Wildman–Crippen LogP) is 7.12. The summed E-state index contributed by atoms with van der Waals surface area (Å²) >= 11 is 0. The predicted molar refractivity (Wildman–Crippen MR) is 191 cm³/mol. The summed E-state index contributed by atoms with van der Waals surface area (Å²) in [6, 6.07) is 30.2. The van der Waals surface area contributed by atoms with E-state index in [9.17, 15) is 19.5 Å². The minimum absolute atomic E-state index is 0.0312. The molecule has 0 fully saturated rings. The molecule has 0 saturated carbocycles. The molecule has 246 valence electrons. The quantitative estimate of drug-likeness (QED) is 0.0559. The zero-order valence-corrected chi connectivity index (χ0v) is 26.8. The molecule has 48 heavy (non-hydrogen) atoms. The first-order valence-corrected chi connectivity index (χ1v) is 16.1. The molecule has 8 heteroatoms. The molecule has 0 aromatic heterocycles. The first-order valence-electron chi connectivity index (χ1n) is 16.1. The zero-order valence-electron chi connectivity index (χ0n) is 26.8. The lowest BCUT2D eigenvalue weighted by Gasteiger charge is -2.20. The Bertz CT molecular complexity index is 1930. The fraction of sp³-hybridized carbons (Fsp3) is 0.225. The molecule has 4 N–H and O–H groups in total. The summed E-state index contributed by atoms with van der Waals surface area (Å²) in [6.45, 7) is 3.74. The number of carbonyl (C=O) groups excluding carboxylic acids is 3. The average molecular weight is 645 g/mol. The monoisotopic (exact) mass is 644 g/mol. The van der Waals surface area contributed by atoms with Crippen LogP contribution in [0.5, 0.6) is 11.5 Å². The van der Waals surface area contributed by atoms with Crippen molar-refractivity contribution >= 4 is 44.7 Å². The number of nitrogens with one attached hydrogen (secondary N) is 1. The van der Waals surface area contributed by atoms with Gasteiger partial charge >= 0.3 is 0 Å². The number of unbranched alkanes of at least 4 members (excludes halogenated alkanes) is 1. The second-order valence-electron chi connectivity index (χ2n) is 11.6. The van der Waals surface area contributed by atoms with Gasteiger partial charge in [0.05, 0.1) is 0 Å². The van der Waals surface area contributed by atoms with Gasteiger partial charge in [0.2, 0.25) is 5.91 Å². The van der Waals surface area contributed by atoms with Gasteiger partial charge in [0.25, 0.3) is 0 Å². The van der Waals surface area contributed by atoms with Crippen LogP contribution in [-0.4, -0.2) is 48.9 Å². The molecule has 0 aliphatic rings. The first-order chi connectivity index (χ1) is 23.4. The summed E-state index contributed by atoms with van der Waals surface area (Å²) in [5.41, 5.74) is 8.07. The van der Waals surface area contributed by atoms with E-state index in [4.69, 9.17) is 15.2 Å². The number of hydrogen-bond acceptors (Lipinski definition) is 7. The largest absolute Gasteiger partial charge is 0.489 e. The maximum Gasteiger partial charge on any atom is 0.227 e. The lowest BCUT2D eigenvalue weighted by molar-refractivity contribution is -0.127. The number of hydrogen-bond donors (Lipinski definition) is 3. The molecule has 5 aromatic carbocycles. The van der Waals surface area contributed by atoms with E-state index in [2.05, 4.69) is 11.9 Å². The number of amides is 1. The van der Waals surface area contributed by atoms with Crippen molar-refractivity contribution in [1.82, 2.24) is 0 Å². The maximum absolute atomic E-state index is 13.5. The van der Waals surface area contributed by atoms with Crippen molar-refractivity contribution in [2.24, 2.45) is 11.7 Å². The molecule has 0 heterocycles. The highest BCUT2D eigenvalue weighted by molar-refractivity contribution is 6.10. The Morgan fingerprint density at radius 1 is 0.812 bits per heavy atom. The van der Waals surface area contributed by atoms with Crippen molar-refractivity contribution in [3.05, 3.63) is 115 Å². The Balaban J connectivity index is 1.42. The van der Waals surface area contributed by atoms with Crippen LogP contribution in [0.2, 0.25) is 0 Å². The van der Waals surface area contributed by atoms with E-state index in [1.165, 1.54) is 6.07 Å². The lowest BCUT2D eigenvalue weighted by Crippen LogP contribution is -2.27. The van der Waals surface area contributed by atoms with Crippen molar-refractivity contribution in [3.8, 4) is 22.6 Å². The van der Waals surface area contributed by atoms with Gasteiger partial charge in [0, 0.05) is 34.7 Å². The molecule has 5 aromatic rings. The number of Topliss-reactive ketones (excluding diaryl/α,β-unsaturated/α-hetero) is 2. The van der Waals surface area contributed by atoms with E-state index in [0.717, 1.165) is 39.1 Å². The highest BCUT2D eigenvalue weighted by Crippen LogP contribution is 2.45. The average Bonchev–Trinajstić information content (AvgIpc) is 3.12. The van der Waals surface area contributed by atoms with Crippen molar-refractivity contribution < 1.29 is 29.0 Å². The fourth-order valence-electron chi connectivity index (χ4n) is 5.87. The van der Waals surface area contributed by atoms with Crippen LogP contribution in [0.3, 0.4) is 0 Å². The van der Waals surface area contributed by atoms with Crippen LogP contribution in [0, 0.1) is 5.92 Å². The summed E-state index contributed by atoms with van der Waals surface area (Å²) < 4.78 is 12.5. The number of aliphatic hydroxyl groups excluding tert-OH is 1. The molecule has 0 saturated heterocycles.